The summed E-state index contributed by atoms with van der Waals surface area (Å²) >= 11 is 2.83. The van der Waals surface area contributed by atoms with Crippen LogP contribution in [0.5, 0.6) is 17.2 Å². The van der Waals surface area contributed by atoms with Gasteiger partial charge in [0.15, 0.2) is 5.13 Å². The van der Waals surface area contributed by atoms with Gasteiger partial charge in [-0.05, 0) is 66.6 Å². The zero-order valence-corrected chi connectivity index (χ0v) is 25.1. The molecule has 0 saturated heterocycles. The molecule has 0 bridgehead atoms. The van der Waals surface area contributed by atoms with E-state index in [0.717, 1.165) is 20.0 Å². The second kappa shape index (κ2) is 11.8. The number of methoxy groups -OCH3 is 1. The van der Waals surface area contributed by atoms with Crippen molar-refractivity contribution >= 4 is 54.1 Å². The van der Waals surface area contributed by atoms with Crippen LogP contribution in [0.25, 0.3) is 20.4 Å². The number of halogens is 1. The number of rotatable bonds is 8. The van der Waals surface area contributed by atoms with E-state index in [2.05, 4.69) is 15.3 Å². The number of carbonyl (C=O) groups is 1. The number of anilines is 1. The lowest BCUT2D eigenvalue weighted by molar-refractivity contribution is 0.0504. The van der Waals surface area contributed by atoms with Gasteiger partial charge in [0.25, 0.3) is 5.91 Å². The molecule has 2 atom stereocenters. The van der Waals surface area contributed by atoms with Crippen molar-refractivity contribution in [2.75, 3.05) is 19.0 Å². The molecular weight excluding hydrogens is 602 g/mol. The minimum absolute atomic E-state index is 0.222. The van der Waals surface area contributed by atoms with Crippen LogP contribution < -0.4 is 19.5 Å². The number of fused-ring (bicyclic) bond motifs is 3. The predicted octanol–water partition coefficient (Wildman–Crippen LogP) is 7.17. The van der Waals surface area contributed by atoms with Gasteiger partial charge in [-0.25, -0.2) is 14.4 Å². The Bertz CT molecular complexity index is 2010. The number of nitrogens with zero attached hydrogens (tertiary/aromatic N) is 2. The number of benzene rings is 4. The normalized spacial score (nSPS) is 16.0. The van der Waals surface area contributed by atoms with Crippen LogP contribution in [0.3, 0.4) is 0 Å². The van der Waals surface area contributed by atoms with Crippen molar-refractivity contribution in [3.05, 3.63) is 106 Å². The molecular formula is C33H26FN3O5S2. The third-order valence-electron chi connectivity index (χ3n) is 7.46. The average Bonchev–Trinajstić information content (AvgIpc) is 3.64. The Morgan fingerprint density at radius 3 is 2.82 bits per heavy atom. The Labute approximate surface area is 259 Å². The van der Waals surface area contributed by atoms with Gasteiger partial charge in [-0.15, -0.1) is 11.3 Å². The van der Waals surface area contributed by atoms with E-state index in [9.17, 15) is 14.3 Å². The summed E-state index contributed by atoms with van der Waals surface area (Å²) in [5, 5.41) is 15.4. The number of hydrogen-bond acceptors (Lipinski definition) is 9. The maximum atomic E-state index is 13.5. The van der Waals surface area contributed by atoms with Crippen LogP contribution in [-0.2, 0) is 13.0 Å². The van der Waals surface area contributed by atoms with Gasteiger partial charge in [-0.2, -0.15) is 0 Å². The molecule has 0 aliphatic carbocycles. The van der Waals surface area contributed by atoms with Crippen LogP contribution in [0.4, 0.5) is 9.52 Å². The standard InChI is InChI=1S/C33H26FN3O5S2/c1-40-26-6-3-7-28-30(26)36-33(44-28)37-32(39)19-5-2-4-18(12-19)13-20-16-42-25-10-9-22(15-23(25)31(20)38)41-17-29-35-24-14-21(34)8-11-27(24)43-29/h2-12,14-15,20,31,38H,13,16-17H2,1H3,(H,36,37,39)/t20-,31-/m1/s1. The summed E-state index contributed by atoms with van der Waals surface area (Å²) in [4.78, 5) is 22.1. The highest BCUT2D eigenvalue weighted by molar-refractivity contribution is 7.22. The summed E-state index contributed by atoms with van der Waals surface area (Å²) < 4.78 is 32.7. The van der Waals surface area contributed by atoms with Crippen LogP contribution in [0, 0.1) is 11.7 Å². The van der Waals surface area contributed by atoms with E-state index in [0.29, 0.717) is 57.6 Å². The Morgan fingerprint density at radius 1 is 1.05 bits per heavy atom. The number of aromatic nitrogens is 2. The average molecular weight is 628 g/mol. The fourth-order valence-electron chi connectivity index (χ4n) is 5.30. The lowest BCUT2D eigenvalue weighted by Gasteiger charge is -2.30. The molecule has 3 heterocycles. The van der Waals surface area contributed by atoms with Crippen LogP contribution in [0.1, 0.15) is 32.6 Å². The number of aliphatic hydroxyl groups is 1. The number of para-hydroxylation sites is 1. The molecule has 11 heteroatoms. The van der Waals surface area contributed by atoms with Gasteiger partial charge in [0.05, 0.1) is 34.7 Å². The molecule has 0 saturated carbocycles. The summed E-state index contributed by atoms with van der Waals surface area (Å²) in [7, 11) is 1.59. The molecule has 2 aromatic heterocycles. The fourth-order valence-corrected chi connectivity index (χ4v) is 7.04. The van der Waals surface area contributed by atoms with Gasteiger partial charge in [0, 0.05) is 23.1 Å². The van der Waals surface area contributed by atoms with Gasteiger partial charge in [-0.3, -0.25) is 10.1 Å². The molecule has 1 aliphatic heterocycles. The first kappa shape index (κ1) is 28.2. The zero-order valence-electron chi connectivity index (χ0n) is 23.5. The van der Waals surface area contributed by atoms with Crippen molar-refractivity contribution in [1.29, 1.82) is 0 Å². The number of nitrogens with one attached hydrogen (secondary N) is 1. The molecule has 6 aromatic rings. The summed E-state index contributed by atoms with van der Waals surface area (Å²) in [5.74, 6) is 1.01. The summed E-state index contributed by atoms with van der Waals surface area (Å²) in [6, 6.07) is 22.9. The summed E-state index contributed by atoms with van der Waals surface area (Å²) in [5.41, 5.74) is 3.35. The third-order valence-corrected chi connectivity index (χ3v) is 9.41. The molecule has 1 amide bonds. The maximum Gasteiger partial charge on any atom is 0.257 e. The minimum Gasteiger partial charge on any atom is -0.494 e. The summed E-state index contributed by atoms with van der Waals surface area (Å²) in [6.07, 6.45) is -0.282. The number of carbonyl (C=O) groups excluding carboxylic acids is 1. The van der Waals surface area contributed by atoms with Gasteiger partial charge in [0.1, 0.15) is 40.2 Å². The molecule has 8 nitrogen and oxygen atoms in total. The highest BCUT2D eigenvalue weighted by Crippen LogP contribution is 2.39. The largest absolute Gasteiger partial charge is 0.494 e. The first-order valence-electron chi connectivity index (χ1n) is 13.9. The highest BCUT2D eigenvalue weighted by Gasteiger charge is 2.30. The Hall–Kier alpha value is -4.58. The van der Waals surface area contributed by atoms with E-state index >= 15 is 0 Å². The first-order chi connectivity index (χ1) is 21.4. The lowest BCUT2D eigenvalue weighted by atomic mass is 9.87. The van der Waals surface area contributed by atoms with E-state index in [1.807, 2.05) is 36.4 Å². The SMILES string of the molecule is COc1cccc2sc(NC(=O)c3cccc(C[C@@H]4COc5ccc(OCc6nc7cc(F)ccc7s6)cc5[C@@H]4O)c3)nc12. The van der Waals surface area contributed by atoms with E-state index in [1.54, 1.807) is 37.4 Å². The smallest absolute Gasteiger partial charge is 0.257 e. The Kier molecular flexibility index (Phi) is 7.59. The van der Waals surface area contributed by atoms with E-state index in [-0.39, 0.29) is 24.2 Å². The topological polar surface area (TPSA) is 103 Å². The van der Waals surface area contributed by atoms with Crippen molar-refractivity contribution in [2.45, 2.75) is 19.1 Å². The van der Waals surface area contributed by atoms with Crippen LogP contribution in [0.15, 0.2) is 78.9 Å². The number of ether oxygens (including phenoxy) is 3. The number of thiazole rings is 2. The van der Waals surface area contributed by atoms with Crippen LogP contribution in [0.2, 0.25) is 0 Å². The fraction of sp³-hybridized carbons (Fsp3) is 0.182. The monoisotopic (exact) mass is 627 g/mol. The second-order valence-corrected chi connectivity index (χ2v) is 12.6. The molecule has 0 spiro atoms. The minimum atomic E-state index is -0.789. The second-order valence-electron chi connectivity index (χ2n) is 10.4. The van der Waals surface area contributed by atoms with Crippen LogP contribution >= 0.6 is 22.7 Å². The molecule has 1 aliphatic rings. The van der Waals surface area contributed by atoms with Crippen LogP contribution in [-0.4, -0.2) is 34.7 Å². The number of amides is 1. The maximum absolute atomic E-state index is 13.5. The Morgan fingerprint density at radius 2 is 1.93 bits per heavy atom. The number of hydrogen-bond donors (Lipinski definition) is 2. The van der Waals surface area contributed by atoms with Crippen molar-refractivity contribution in [3.63, 3.8) is 0 Å². The molecule has 0 fully saturated rings. The molecule has 0 radical (unpaired) electrons. The first-order valence-corrected chi connectivity index (χ1v) is 15.5. The van der Waals surface area contributed by atoms with Crippen molar-refractivity contribution in [2.24, 2.45) is 5.92 Å². The highest BCUT2D eigenvalue weighted by atomic mass is 32.1. The number of aliphatic hydroxyl groups excluding tert-OH is 1. The third kappa shape index (κ3) is 5.69. The molecule has 2 N–H and O–H groups in total. The quantitative estimate of drug-likeness (QED) is 0.184. The molecule has 0 unspecified atom stereocenters. The van der Waals surface area contributed by atoms with Crippen molar-refractivity contribution < 1.29 is 28.5 Å². The van der Waals surface area contributed by atoms with Crippen molar-refractivity contribution in [1.82, 2.24) is 9.97 Å². The van der Waals surface area contributed by atoms with Gasteiger partial charge in [-0.1, -0.05) is 29.5 Å². The van der Waals surface area contributed by atoms with Gasteiger partial charge < -0.3 is 19.3 Å². The lowest BCUT2D eigenvalue weighted by Crippen LogP contribution is -2.27. The molecule has 7 rings (SSSR count). The summed E-state index contributed by atoms with van der Waals surface area (Å²) in [6.45, 7) is 0.556. The zero-order chi connectivity index (χ0) is 30.2. The van der Waals surface area contributed by atoms with Crippen molar-refractivity contribution in [3.8, 4) is 17.2 Å². The van der Waals surface area contributed by atoms with E-state index < -0.39 is 6.10 Å². The predicted molar refractivity (Wildman–Crippen MR) is 169 cm³/mol. The molecule has 4 aromatic carbocycles. The molecule has 222 valence electrons. The van der Waals surface area contributed by atoms with Gasteiger partial charge in [0.2, 0.25) is 0 Å². The van der Waals surface area contributed by atoms with E-state index in [1.165, 1.54) is 34.8 Å². The Balaban J connectivity index is 1.02. The molecule has 44 heavy (non-hydrogen) atoms. The van der Waals surface area contributed by atoms with E-state index in [4.69, 9.17) is 14.2 Å². The van der Waals surface area contributed by atoms with Gasteiger partial charge >= 0.3 is 0 Å².